The first-order valence-electron chi connectivity index (χ1n) is 20.6. The molecule has 1 spiro atoms. The number of rotatable bonds is 0. The monoisotopic (exact) mass is 1810 g/mol. The minimum absolute atomic E-state index is 0. The van der Waals surface area contributed by atoms with Crippen LogP contribution in [0.4, 0.5) is 11.6 Å². The summed E-state index contributed by atoms with van der Waals surface area (Å²) in [4.78, 5) is 22.6. The van der Waals surface area contributed by atoms with E-state index in [1.165, 1.54) is 33.4 Å². The van der Waals surface area contributed by atoms with Crippen molar-refractivity contribution in [2.24, 2.45) is 20.0 Å². The second kappa shape index (κ2) is 34.8. The molecule has 12 radical (unpaired) electrons. The maximum atomic E-state index is 5.67. The molecule has 0 saturated heterocycles. The average molecular weight is 1810 g/mol. The summed E-state index contributed by atoms with van der Waals surface area (Å²) in [5.74, 6) is 4.52. The summed E-state index contributed by atoms with van der Waals surface area (Å²) in [6.07, 6.45) is 0. The van der Waals surface area contributed by atoms with Crippen molar-refractivity contribution in [3.05, 3.63) is 127 Å². The van der Waals surface area contributed by atoms with Gasteiger partial charge in [-0.2, -0.15) is 4.57 Å². The van der Waals surface area contributed by atoms with Gasteiger partial charge >= 0.3 is 5.91 Å². The molecule has 8 nitrogen and oxygen atoms in total. The Morgan fingerprint density at radius 2 is 0.706 bits per heavy atom. The molecule has 1 atom stereocenters. The van der Waals surface area contributed by atoms with E-state index in [-0.39, 0.29) is 393 Å². The van der Waals surface area contributed by atoms with Crippen LogP contribution in [0, 0.1) is 54.5 Å². The summed E-state index contributed by atoms with van der Waals surface area (Å²) in [7, 11) is 0. The summed E-state index contributed by atoms with van der Waals surface area (Å²) < 4.78 is 9.59. The number of fused-ring (bicyclic) bond motifs is 12. The van der Waals surface area contributed by atoms with Crippen LogP contribution in [0.15, 0.2) is 68.5 Å². The Balaban J connectivity index is -0.000000632. The fraction of sp³-hybridized carbons (Fsp3) is 0.333. The Hall–Kier alpha value is 7.49. The molecule has 320 valence electrons. The van der Waals surface area contributed by atoms with Gasteiger partial charge in [0.1, 0.15) is 5.49 Å². The molecule has 6 aliphatic heterocycles. The van der Waals surface area contributed by atoms with E-state index in [4.69, 9.17) is 20.0 Å². The van der Waals surface area contributed by atoms with Gasteiger partial charge in [0.05, 0.1) is 33.0 Å². The number of aryl methyl sites for hydroxylation is 7. The first kappa shape index (κ1) is 84.3. The van der Waals surface area contributed by atoms with E-state index < -0.39 is 5.91 Å². The van der Waals surface area contributed by atoms with Crippen LogP contribution < -0.4 is 11.0 Å². The van der Waals surface area contributed by atoms with Crippen LogP contribution in [0.3, 0.4) is 0 Å². The van der Waals surface area contributed by atoms with Crippen molar-refractivity contribution < 1.29 is 402 Å². The van der Waals surface area contributed by atoms with Crippen LogP contribution in [0.2, 0.25) is 0 Å². The summed E-state index contributed by atoms with van der Waals surface area (Å²) in [6, 6.07) is 21.1. The topological polar surface area (TPSA) is 65.3 Å². The summed E-state index contributed by atoms with van der Waals surface area (Å²) >= 11 is 0. The quantitative estimate of drug-likeness (QED) is 0.108. The molecule has 8 heterocycles. The Kier molecular flexibility index (Phi) is 43.2. The molecule has 0 amide bonds. The number of benzene rings is 4. The Morgan fingerprint density at radius 1 is 0.382 bits per heavy atom. The van der Waals surface area contributed by atoms with Gasteiger partial charge in [0.15, 0.2) is 5.49 Å². The molecule has 0 fully saturated rings. The molecule has 12 rings (SSSR count). The van der Waals surface area contributed by atoms with Crippen LogP contribution in [0.1, 0.15) is 117 Å². The summed E-state index contributed by atoms with van der Waals surface area (Å²) in [5.41, 5.74) is 14.6. The Bertz CT molecular complexity index is 3020. The van der Waals surface area contributed by atoms with Crippen molar-refractivity contribution in [2.45, 2.75) is 110 Å². The van der Waals surface area contributed by atoms with Crippen molar-refractivity contribution in [3.63, 3.8) is 0 Å². The zero-order valence-corrected chi connectivity index (χ0v) is 76.7. The van der Waals surface area contributed by atoms with Gasteiger partial charge in [-0.15, -0.1) is 37.9 Å². The molecule has 20 heteroatoms. The zero-order valence-electron chi connectivity index (χ0n) is 42.6. The molecule has 6 aliphatic rings. The molecule has 68 heavy (non-hydrogen) atoms. The third-order valence-electron chi connectivity index (χ3n) is 11.6. The van der Waals surface area contributed by atoms with Crippen molar-refractivity contribution in [1.29, 1.82) is 0 Å². The minimum Gasteiger partial charge on any atom is -0.242 e. The second-order valence-electron chi connectivity index (χ2n) is 14.2. The van der Waals surface area contributed by atoms with Crippen LogP contribution in [-0.2, 0) is 398 Å². The third kappa shape index (κ3) is 12.4. The number of hydrogen-bond acceptors (Lipinski definition) is 4. The van der Waals surface area contributed by atoms with Crippen LogP contribution in [0.5, 0.6) is 0 Å². The standard InChI is InChI=1S/C40H29N8.4C2H6.12Y/c1-17-9-8-10-24-25(17)33-42-35-28-20(4)13-14-21(5)29(28)37-44-39-31-23(7)16-15-22(6)30(31)38-43-36-27-19(3)12-11-18(2)26(27)34-41-32(24)45(33)40(46(34)36,47(35)37)48(38)39;4*1-2;;;;;;;;;;;;/h8-9,11-16H,1-7H3;4*1-2H3;;;;;;;;;;;;/q+1;;;;;;;;;;;;;;;;/t40-;;;;;;;;;;;;;;;;/m0................/s1. The normalized spacial score (nSPS) is 14.2. The smallest absolute Gasteiger partial charge is 0.242 e. The molecule has 0 bridgehead atoms. The second-order valence-corrected chi connectivity index (χ2v) is 14.2. The minimum atomic E-state index is -0.995. The van der Waals surface area contributed by atoms with Crippen molar-refractivity contribution in [3.8, 4) is 0 Å². The summed E-state index contributed by atoms with van der Waals surface area (Å²) in [5, 5.41) is 4.36. The van der Waals surface area contributed by atoms with Gasteiger partial charge in [-0.05, 0) is 80.3 Å². The molecule has 0 N–H and O–H groups in total. The maximum Gasteiger partial charge on any atom is 0.396 e. The molecule has 0 saturated carbocycles. The predicted octanol–water partition coefficient (Wildman–Crippen LogP) is 9.74. The van der Waals surface area contributed by atoms with Crippen LogP contribution in [-0.4, -0.2) is 41.6 Å². The molecule has 0 aliphatic carbocycles. The van der Waals surface area contributed by atoms with Gasteiger partial charge in [-0.3, -0.25) is 0 Å². The van der Waals surface area contributed by atoms with E-state index in [9.17, 15) is 0 Å². The molecular weight excluding hydrogens is 1760 g/mol. The maximum absolute atomic E-state index is 5.67. The largest absolute Gasteiger partial charge is 0.396 e. The number of nitrogens with zero attached hydrogens (tertiary/aromatic N) is 8. The van der Waals surface area contributed by atoms with E-state index in [0.717, 1.165) is 95.3 Å². The van der Waals surface area contributed by atoms with Gasteiger partial charge in [0.25, 0.3) is 23.3 Å². The van der Waals surface area contributed by atoms with Gasteiger partial charge in [-0.25, -0.2) is 4.57 Å². The van der Waals surface area contributed by atoms with E-state index in [1.807, 2.05) is 61.5 Å². The zero-order chi connectivity index (χ0) is 40.3. The molecule has 6 aromatic rings. The molecular formula is C48H53N8Y12+. The van der Waals surface area contributed by atoms with E-state index >= 15 is 0 Å². The fourth-order valence-electron chi connectivity index (χ4n) is 9.51. The summed E-state index contributed by atoms with van der Waals surface area (Å²) in [6.45, 7) is 31.4. The van der Waals surface area contributed by atoms with Crippen molar-refractivity contribution in [1.82, 2.24) is 9.13 Å². The van der Waals surface area contributed by atoms with Crippen molar-refractivity contribution in [2.75, 3.05) is 0 Å². The number of hydrogen-bond donors (Lipinski definition) is 0. The van der Waals surface area contributed by atoms with Crippen LogP contribution in [0.25, 0.3) is 21.5 Å². The van der Waals surface area contributed by atoms with E-state index in [2.05, 4.69) is 115 Å². The van der Waals surface area contributed by atoms with E-state index in [1.54, 1.807) is 0 Å². The number of aromatic nitrogens is 2. The van der Waals surface area contributed by atoms with Gasteiger partial charge in [0, 0.05) is 393 Å². The van der Waals surface area contributed by atoms with E-state index in [0.29, 0.717) is 0 Å². The predicted molar refractivity (Wildman–Crippen MR) is 231 cm³/mol. The molecule has 2 aromatic heterocycles. The Labute approximate surface area is 706 Å². The third-order valence-corrected chi connectivity index (χ3v) is 11.6. The number of aliphatic imine (C=N–C) groups is 2. The molecule has 4 aromatic carbocycles. The average Bonchev–Trinajstić information content (AvgIpc) is 3.96. The number of amidine groups is 4. The van der Waals surface area contributed by atoms with Gasteiger partial charge in [0.2, 0.25) is 11.6 Å². The van der Waals surface area contributed by atoms with Gasteiger partial charge in [-0.1, -0.05) is 119 Å². The SMILES string of the molecule is CC.CC.CC.CC.Cc1ccc(C)c2c1C1=Nc3c4c(C)ccc(C)c4c4n3[C@]35n6c(c7[c-]ccc(C)c7c6=NC6=[N+]3C(=N4)c3c(C)ccc(C)c36)=NC2=[N+]15.[Y].[Y].[Y].[Y].[Y].[Y].[Y].[Y].[Y].[Y].[Y].[Y]. The Morgan fingerprint density at radius 3 is 1.09 bits per heavy atom. The fourth-order valence-corrected chi connectivity index (χ4v) is 9.51. The van der Waals surface area contributed by atoms with Crippen LogP contribution >= 0.6 is 0 Å². The van der Waals surface area contributed by atoms with Crippen molar-refractivity contribution >= 4 is 56.5 Å². The van der Waals surface area contributed by atoms with Gasteiger partial charge < -0.3 is 0 Å². The molecule has 0 unspecified atom stereocenters. The first-order valence-corrected chi connectivity index (χ1v) is 20.6. The first-order chi connectivity index (χ1) is 27.2.